The van der Waals surface area contributed by atoms with E-state index in [9.17, 15) is 20.2 Å². The first-order valence-corrected chi connectivity index (χ1v) is 7.15. The van der Waals surface area contributed by atoms with Crippen molar-refractivity contribution in [3.63, 3.8) is 0 Å². The third kappa shape index (κ3) is 2.98. The summed E-state index contributed by atoms with van der Waals surface area (Å²) >= 11 is 0. The normalized spacial score (nSPS) is 10.3. The minimum Gasteiger partial charge on any atom is -0.377 e. The van der Waals surface area contributed by atoms with Crippen molar-refractivity contribution in [1.29, 1.82) is 0 Å². The fourth-order valence-electron chi connectivity index (χ4n) is 2.62. The van der Waals surface area contributed by atoms with Gasteiger partial charge in [0.1, 0.15) is 0 Å². The Bertz CT molecular complexity index is 735. The largest absolute Gasteiger partial charge is 0.377 e. The van der Waals surface area contributed by atoms with Gasteiger partial charge < -0.3 is 9.80 Å². The van der Waals surface area contributed by atoms with Crippen LogP contribution in [-0.4, -0.2) is 38.0 Å². The van der Waals surface area contributed by atoms with Crippen molar-refractivity contribution in [3.05, 3.63) is 56.6 Å². The summed E-state index contributed by atoms with van der Waals surface area (Å²) in [5, 5.41) is 23.1. The predicted molar refractivity (Wildman–Crippen MR) is 93.8 cm³/mol. The molecule has 2 aromatic rings. The fourth-order valence-corrected chi connectivity index (χ4v) is 2.62. The molecule has 0 aliphatic rings. The predicted octanol–water partition coefficient (Wildman–Crippen LogP) is 3.30. The Kier molecular flexibility index (Phi) is 4.68. The van der Waals surface area contributed by atoms with E-state index in [2.05, 4.69) is 0 Å². The van der Waals surface area contributed by atoms with E-state index in [0.717, 1.165) is 0 Å². The van der Waals surface area contributed by atoms with Crippen molar-refractivity contribution in [2.75, 3.05) is 38.0 Å². The molecule has 0 saturated heterocycles. The maximum absolute atomic E-state index is 11.5. The summed E-state index contributed by atoms with van der Waals surface area (Å²) in [5.41, 5.74) is 1.23. The molecule has 126 valence electrons. The fraction of sp³-hybridized carbons (Fsp3) is 0.250. The Morgan fingerprint density at radius 3 is 1.29 bits per heavy atom. The van der Waals surface area contributed by atoms with Crippen LogP contribution in [0.2, 0.25) is 0 Å². The number of nitrogens with zero attached hydrogens (tertiary/aromatic N) is 4. The molecule has 0 spiro atoms. The maximum Gasteiger partial charge on any atom is 0.279 e. The van der Waals surface area contributed by atoms with Gasteiger partial charge in [0.25, 0.3) is 11.4 Å². The average molecular weight is 330 g/mol. The second-order valence-corrected chi connectivity index (χ2v) is 5.65. The van der Waals surface area contributed by atoms with E-state index in [-0.39, 0.29) is 22.5 Å². The third-order valence-electron chi connectivity index (χ3n) is 3.65. The van der Waals surface area contributed by atoms with E-state index in [1.807, 2.05) is 0 Å². The quantitative estimate of drug-likeness (QED) is 0.617. The molecular formula is C16H18N4O4. The highest BCUT2D eigenvalue weighted by Gasteiger charge is 2.29. The van der Waals surface area contributed by atoms with Gasteiger partial charge in [-0.2, -0.15) is 0 Å². The molecule has 8 nitrogen and oxygen atoms in total. The smallest absolute Gasteiger partial charge is 0.279 e. The van der Waals surface area contributed by atoms with Gasteiger partial charge in [-0.1, -0.05) is 12.1 Å². The van der Waals surface area contributed by atoms with Gasteiger partial charge in [-0.25, -0.2) is 0 Å². The number of benzene rings is 2. The lowest BCUT2D eigenvalue weighted by molar-refractivity contribution is -0.386. The highest BCUT2D eigenvalue weighted by Crippen LogP contribution is 2.46. The van der Waals surface area contributed by atoms with Crippen molar-refractivity contribution >= 4 is 22.7 Å². The summed E-state index contributed by atoms with van der Waals surface area (Å²) in [5.74, 6) is 0. The molecule has 0 unspecified atom stereocenters. The van der Waals surface area contributed by atoms with Crippen LogP contribution in [-0.2, 0) is 0 Å². The minimum atomic E-state index is -0.515. The number of nitro groups is 2. The number of nitro benzene ring substituents is 2. The van der Waals surface area contributed by atoms with Gasteiger partial charge in [-0.15, -0.1) is 0 Å². The van der Waals surface area contributed by atoms with Crippen LogP contribution >= 0.6 is 0 Å². The van der Waals surface area contributed by atoms with Crippen molar-refractivity contribution in [2.24, 2.45) is 0 Å². The highest BCUT2D eigenvalue weighted by molar-refractivity contribution is 5.97. The second kappa shape index (κ2) is 6.53. The van der Waals surface area contributed by atoms with Gasteiger partial charge >= 0.3 is 0 Å². The van der Waals surface area contributed by atoms with E-state index >= 15 is 0 Å². The number of hydrogen-bond donors (Lipinski definition) is 0. The lowest BCUT2D eigenvalue weighted by atomic mass is 9.97. The van der Waals surface area contributed by atoms with Crippen molar-refractivity contribution < 1.29 is 9.85 Å². The summed E-state index contributed by atoms with van der Waals surface area (Å²) in [6, 6.07) is 9.27. The van der Waals surface area contributed by atoms with Crippen LogP contribution in [0.4, 0.5) is 22.7 Å². The first-order valence-electron chi connectivity index (χ1n) is 7.15. The molecule has 0 fully saturated rings. The van der Waals surface area contributed by atoms with Crippen LogP contribution < -0.4 is 9.80 Å². The van der Waals surface area contributed by atoms with Gasteiger partial charge in [0.15, 0.2) is 0 Å². The monoisotopic (exact) mass is 330 g/mol. The van der Waals surface area contributed by atoms with Crippen molar-refractivity contribution in [2.45, 2.75) is 0 Å². The standard InChI is InChI=1S/C16H18N4O4/c1-17(2)11-7-5-9-13(19(21)22)15(11)16-12(18(3)4)8-6-10-14(16)20(23)24/h5-10H,1-4H3. The van der Waals surface area contributed by atoms with Gasteiger partial charge in [0, 0.05) is 40.3 Å². The molecule has 0 aliphatic heterocycles. The number of rotatable bonds is 5. The summed E-state index contributed by atoms with van der Waals surface area (Å²) in [6.45, 7) is 0. The Labute approximate surface area is 139 Å². The summed E-state index contributed by atoms with van der Waals surface area (Å²) in [6.07, 6.45) is 0. The molecule has 0 saturated carbocycles. The molecule has 0 radical (unpaired) electrons. The first kappa shape index (κ1) is 17.2. The highest BCUT2D eigenvalue weighted by atomic mass is 16.6. The summed E-state index contributed by atoms with van der Waals surface area (Å²) in [4.78, 5) is 25.5. The topological polar surface area (TPSA) is 92.8 Å². The molecule has 0 N–H and O–H groups in total. The van der Waals surface area contributed by atoms with Crippen LogP contribution in [0.25, 0.3) is 11.1 Å². The molecule has 2 aromatic carbocycles. The van der Waals surface area contributed by atoms with Crippen molar-refractivity contribution in [1.82, 2.24) is 0 Å². The van der Waals surface area contributed by atoms with E-state index in [1.54, 1.807) is 62.3 Å². The van der Waals surface area contributed by atoms with Gasteiger partial charge in [0.2, 0.25) is 0 Å². The molecule has 0 atom stereocenters. The minimum absolute atomic E-state index is 0.168. The molecule has 0 aromatic heterocycles. The zero-order valence-corrected chi connectivity index (χ0v) is 13.9. The average Bonchev–Trinajstić information content (AvgIpc) is 2.52. The Hall–Kier alpha value is -3.16. The molecule has 0 aliphatic carbocycles. The first-order chi connectivity index (χ1) is 11.3. The number of anilines is 2. The third-order valence-corrected chi connectivity index (χ3v) is 3.65. The lowest BCUT2D eigenvalue weighted by Crippen LogP contribution is -2.14. The molecule has 0 amide bonds. The Morgan fingerprint density at radius 2 is 1.04 bits per heavy atom. The van der Waals surface area contributed by atoms with Gasteiger partial charge in [-0.05, 0) is 12.1 Å². The summed E-state index contributed by atoms with van der Waals surface area (Å²) in [7, 11) is 6.97. The van der Waals surface area contributed by atoms with E-state index < -0.39 is 9.85 Å². The molecular weight excluding hydrogens is 312 g/mol. The van der Waals surface area contributed by atoms with E-state index in [1.165, 1.54) is 12.1 Å². The zero-order valence-electron chi connectivity index (χ0n) is 13.9. The summed E-state index contributed by atoms with van der Waals surface area (Å²) < 4.78 is 0. The van der Waals surface area contributed by atoms with E-state index in [4.69, 9.17) is 0 Å². The van der Waals surface area contributed by atoms with Crippen LogP contribution in [0.15, 0.2) is 36.4 Å². The molecule has 0 heterocycles. The van der Waals surface area contributed by atoms with Crippen LogP contribution in [0.5, 0.6) is 0 Å². The van der Waals surface area contributed by atoms with E-state index in [0.29, 0.717) is 11.4 Å². The maximum atomic E-state index is 11.5. The van der Waals surface area contributed by atoms with Gasteiger partial charge in [-0.3, -0.25) is 20.2 Å². The zero-order chi connectivity index (χ0) is 18.0. The molecule has 8 heteroatoms. The molecule has 2 rings (SSSR count). The van der Waals surface area contributed by atoms with Gasteiger partial charge in [0.05, 0.1) is 32.3 Å². The Balaban J connectivity index is 3.00. The van der Waals surface area contributed by atoms with Crippen molar-refractivity contribution in [3.8, 4) is 11.1 Å². The molecule has 0 bridgehead atoms. The SMILES string of the molecule is CN(C)c1cccc([N+](=O)[O-])c1-c1c(N(C)C)cccc1[N+](=O)[O-]. The molecule has 24 heavy (non-hydrogen) atoms. The lowest BCUT2D eigenvalue weighted by Gasteiger charge is -2.22. The second-order valence-electron chi connectivity index (χ2n) is 5.65. The van der Waals surface area contributed by atoms with Crippen LogP contribution in [0.3, 0.4) is 0 Å². The van der Waals surface area contributed by atoms with Crippen LogP contribution in [0, 0.1) is 20.2 Å². The Morgan fingerprint density at radius 1 is 0.708 bits per heavy atom. The van der Waals surface area contributed by atoms with Crippen LogP contribution in [0.1, 0.15) is 0 Å². The number of hydrogen-bond acceptors (Lipinski definition) is 6.